The molecule has 14 nitrogen and oxygen atoms in total. The molecule has 21 atom stereocenters. The Morgan fingerprint density at radius 3 is 2.13 bits per heavy atom. The van der Waals surface area contributed by atoms with E-state index in [2.05, 4.69) is 13.8 Å². The summed E-state index contributed by atoms with van der Waals surface area (Å²) in [5.41, 5.74) is -2.26. The SMILES string of the molecule is CO[C@H]1[C@H](O[C@H]2[C@H](O[C@H](CC[C@H](C)[C@H]3C[C@@H](O)[C@@H]4[C@]3(C)CC[C@@H]3[C@@]5(C)CC[C@H](O)[C@H](O)[C@H]5[C@@H](O)C[C@]34O)C(C)C)O[C@@H](CO)[C@@H]2O)OC[C@@H](OC)[C@@H]1O. The monoisotopic (exact) mass is 760 g/mol. The zero-order valence-electron chi connectivity index (χ0n) is 32.6. The fraction of sp³-hybridized carbons (Fsp3) is 1.00. The first kappa shape index (κ1) is 42.1. The first-order valence-corrected chi connectivity index (χ1v) is 20.0. The van der Waals surface area contributed by atoms with E-state index in [0.29, 0.717) is 32.1 Å². The molecular weight excluding hydrogens is 692 g/mol. The van der Waals surface area contributed by atoms with Crippen molar-refractivity contribution >= 4 is 0 Å². The van der Waals surface area contributed by atoms with Gasteiger partial charge < -0.3 is 69.3 Å². The van der Waals surface area contributed by atoms with Crippen LogP contribution in [-0.2, 0) is 28.4 Å². The van der Waals surface area contributed by atoms with Crippen LogP contribution in [0.5, 0.6) is 0 Å². The predicted molar refractivity (Wildman–Crippen MR) is 189 cm³/mol. The van der Waals surface area contributed by atoms with Crippen LogP contribution in [0.2, 0.25) is 0 Å². The van der Waals surface area contributed by atoms with Crippen molar-refractivity contribution in [2.24, 2.45) is 46.3 Å². The molecule has 53 heavy (non-hydrogen) atoms. The summed E-state index contributed by atoms with van der Waals surface area (Å²) in [7, 11) is 2.89. The quantitative estimate of drug-likeness (QED) is 0.138. The maximum Gasteiger partial charge on any atom is 0.187 e. The van der Waals surface area contributed by atoms with Gasteiger partial charge in [-0.05, 0) is 79.4 Å². The van der Waals surface area contributed by atoms with E-state index in [4.69, 9.17) is 28.4 Å². The summed E-state index contributed by atoms with van der Waals surface area (Å²) in [5.74, 6) is -0.891. The largest absolute Gasteiger partial charge is 0.394 e. The van der Waals surface area contributed by atoms with E-state index in [1.54, 1.807) is 0 Å². The molecule has 0 radical (unpaired) electrons. The lowest BCUT2D eigenvalue weighted by atomic mass is 9.41. The van der Waals surface area contributed by atoms with E-state index in [1.165, 1.54) is 14.2 Å². The summed E-state index contributed by atoms with van der Waals surface area (Å²) >= 11 is 0. The Morgan fingerprint density at radius 1 is 0.792 bits per heavy atom. The van der Waals surface area contributed by atoms with Crippen LogP contribution in [0.15, 0.2) is 0 Å². The summed E-state index contributed by atoms with van der Waals surface area (Å²) in [4.78, 5) is 0. The second-order valence-electron chi connectivity index (χ2n) is 18.3. The summed E-state index contributed by atoms with van der Waals surface area (Å²) in [6, 6.07) is 0. The standard InChI is InChI=1S/C39H68O14/c1-18(2)24(51-36-33(30(45)25(16-40)52-36)53-35-32(49-7)31(46)26(48-6)17-50-35)9-8-19(3)20-14-22(42)34-37(20,4)13-11-27-38(5)12-10-21(41)29(44)28(38)23(43)15-39(27,34)47/h18-36,40-47H,8-17H2,1-7H3/t19-,20+,21-,22+,23-,24+,25-,26+,27+,28+,29-,30-,31-,32+,33+,34+,35-,36+,37+,38+,39-/m0/s1. The molecule has 2 aliphatic heterocycles. The first-order chi connectivity index (χ1) is 25.0. The van der Waals surface area contributed by atoms with Gasteiger partial charge in [0.25, 0.3) is 0 Å². The number of hydrogen-bond acceptors (Lipinski definition) is 14. The molecule has 2 saturated heterocycles. The fourth-order valence-corrected chi connectivity index (χ4v) is 12.5. The van der Waals surface area contributed by atoms with Gasteiger partial charge in [-0.25, -0.2) is 0 Å². The number of methoxy groups -OCH3 is 2. The van der Waals surface area contributed by atoms with Crippen molar-refractivity contribution in [1.82, 2.24) is 0 Å². The van der Waals surface area contributed by atoms with Crippen LogP contribution >= 0.6 is 0 Å². The maximum atomic E-state index is 12.7. The van der Waals surface area contributed by atoms with Crippen LogP contribution in [0, 0.1) is 46.3 Å². The van der Waals surface area contributed by atoms with E-state index in [1.807, 2.05) is 20.8 Å². The van der Waals surface area contributed by atoms with Gasteiger partial charge in [-0.15, -0.1) is 0 Å². The van der Waals surface area contributed by atoms with E-state index >= 15 is 0 Å². The molecule has 8 N–H and O–H groups in total. The van der Waals surface area contributed by atoms with Crippen LogP contribution in [-0.4, -0.2) is 154 Å². The molecule has 4 aliphatic carbocycles. The lowest BCUT2D eigenvalue weighted by molar-refractivity contribution is -0.313. The number of rotatable bonds is 12. The van der Waals surface area contributed by atoms with Gasteiger partial charge in [-0.3, -0.25) is 0 Å². The minimum Gasteiger partial charge on any atom is -0.394 e. The summed E-state index contributed by atoms with van der Waals surface area (Å²) in [6.07, 6.45) is -7.34. The summed E-state index contributed by atoms with van der Waals surface area (Å²) in [6.45, 7) is 10.1. The molecule has 0 spiro atoms. The van der Waals surface area contributed by atoms with Crippen molar-refractivity contribution in [2.45, 2.75) is 171 Å². The topological polar surface area (TPSA) is 217 Å². The molecule has 0 unspecified atom stereocenters. The highest BCUT2D eigenvalue weighted by atomic mass is 16.8. The van der Waals surface area contributed by atoms with E-state index in [0.717, 1.165) is 12.8 Å². The Bertz CT molecular complexity index is 1230. The Labute approximate surface area is 314 Å². The van der Waals surface area contributed by atoms with Crippen molar-refractivity contribution in [1.29, 1.82) is 0 Å². The highest BCUT2D eigenvalue weighted by molar-refractivity contribution is 5.21. The number of aliphatic hydroxyl groups excluding tert-OH is 7. The van der Waals surface area contributed by atoms with Crippen molar-refractivity contribution in [3.05, 3.63) is 0 Å². The number of hydrogen-bond donors (Lipinski definition) is 8. The minimum atomic E-state index is -1.31. The Balaban J connectivity index is 1.14. The van der Waals surface area contributed by atoms with Gasteiger partial charge in [0, 0.05) is 32.5 Å². The van der Waals surface area contributed by atoms with Gasteiger partial charge in [0.1, 0.15) is 36.6 Å². The third kappa shape index (κ3) is 7.17. The molecular formula is C39H68O14. The van der Waals surface area contributed by atoms with Gasteiger partial charge in [-0.1, -0.05) is 34.6 Å². The zero-order chi connectivity index (χ0) is 38.8. The van der Waals surface area contributed by atoms with Crippen molar-refractivity contribution in [3.63, 3.8) is 0 Å². The molecule has 0 amide bonds. The van der Waals surface area contributed by atoms with Crippen molar-refractivity contribution < 1.29 is 69.3 Å². The smallest absolute Gasteiger partial charge is 0.187 e. The van der Waals surface area contributed by atoms with Crippen molar-refractivity contribution in [3.8, 4) is 0 Å². The molecule has 6 fully saturated rings. The maximum absolute atomic E-state index is 12.7. The van der Waals surface area contributed by atoms with Crippen LogP contribution in [0.4, 0.5) is 0 Å². The molecule has 2 heterocycles. The molecule has 0 aromatic heterocycles. The molecule has 0 aromatic carbocycles. The van der Waals surface area contributed by atoms with Gasteiger partial charge >= 0.3 is 0 Å². The van der Waals surface area contributed by atoms with Crippen LogP contribution in [0.1, 0.15) is 86.0 Å². The van der Waals surface area contributed by atoms with Gasteiger partial charge in [0.05, 0.1) is 49.3 Å². The molecule has 0 bridgehead atoms. The number of fused-ring (bicyclic) bond motifs is 5. The van der Waals surface area contributed by atoms with Gasteiger partial charge in [-0.2, -0.15) is 0 Å². The molecule has 4 saturated carbocycles. The molecule has 14 heteroatoms. The Kier molecular flexibility index (Phi) is 12.7. The van der Waals surface area contributed by atoms with E-state index in [-0.39, 0.29) is 48.2 Å². The highest BCUT2D eigenvalue weighted by Crippen LogP contribution is 2.70. The lowest BCUT2D eigenvalue weighted by Gasteiger charge is -2.66. The molecule has 6 aliphatic rings. The number of aliphatic hydroxyl groups is 8. The summed E-state index contributed by atoms with van der Waals surface area (Å²) in [5, 5.41) is 89.2. The van der Waals surface area contributed by atoms with E-state index < -0.39 is 103 Å². The molecule has 6 rings (SSSR count). The average Bonchev–Trinajstić information content (AvgIpc) is 3.55. The second-order valence-corrected chi connectivity index (χ2v) is 18.3. The van der Waals surface area contributed by atoms with E-state index in [9.17, 15) is 40.9 Å². The lowest BCUT2D eigenvalue weighted by Crippen LogP contribution is -2.70. The predicted octanol–water partition coefficient (Wildman–Crippen LogP) is 0.702. The van der Waals surface area contributed by atoms with Crippen LogP contribution < -0.4 is 0 Å². The third-order valence-corrected chi connectivity index (χ3v) is 15.2. The van der Waals surface area contributed by atoms with Gasteiger partial charge in [0.15, 0.2) is 12.6 Å². The Morgan fingerprint density at radius 2 is 1.49 bits per heavy atom. The summed E-state index contributed by atoms with van der Waals surface area (Å²) < 4.78 is 35.4. The van der Waals surface area contributed by atoms with Gasteiger partial charge in [0.2, 0.25) is 0 Å². The highest BCUT2D eigenvalue weighted by Gasteiger charge is 2.71. The average molecular weight is 761 g/mol. The first-order valence-electron chi connectivity index (χ1n) is 20.0. The van der Waals surface area contributed by atoms with Crippen LogP contribution in [0.3, 0.4) is 0 Å². The fourth-order valence-electron chi connectivity index (χ4n) is 12.5. The molecule has 0 aromatic rings. The normalized spacial score (nSPS) is 52.5. The molecule has 308 valence electrons. The second kappa shape index (κ2) is 16.0. The van der Waals surface area contributed by atoms with Crippen LogP contribution in [0.25, 0.3) is 0 Å². The number of ether oxygens (including phenoxy) is 6. The van der Waals surface area contributed by atoms with Crippen molar-refractivity contribution in [2.75, 3.05) is 27.4 Å². The Hall–Kier alpha value is -0.560. The third-order valence-electron chi connectivity index (χ3n) is 15.2. The minimum absolute atomic E-state index is 0.0501. The zero-order valence-corrected chi connectivity index (χ0v) is 32.6.